The first-order valence-corrected chi connectivity index (χ1v) is 6.13. The zero-order valence-corrected chi connectivity index (χ0v) is 9.35. The molecular weight excluding hydrogens is 278 g/mol. The fraction of sp³-hybridized carbons (Fsp3) is 0.250. The molecule has 0 radical (unpaired) electrons. The first-order chi connectivity index (χ1) is 6.42. The molecule has 0 aliphatic heterocycles. The van der Waals surface area contributed by atoms with Gasteiger partial charge in [0.15, 0.2) is 9.84 Å². The fourth-order valence-corrected chi connectivity index (χ4v) is 2.59. The highest BCUT2D eigenvalue weighted by Gasteiger charge is 2.20. The van der Waals surface area contributed by atoms with Crippen molar-refractivity contribution < 1.29 is 17.2 Å². The fourth-order valence-electron chi connectivity index (χ4n) is 0.923. The van der Waals surface area contributed by atoms with Gasteiger partial charge >= 0.3 is 0 Å². The SMILES string of the molecule is O=S(=O)(CC(F)F)c1cccc(Br)c1. The maximum absolute atomic E-state index is 11.9. The van der Waals surface area contributed by atoms with Crippen LogP contribution in [0.5, 0.6) is 0 Å². The van der Waals surface area contributed by atoms with E-state index in [9.17, 15) is 17.2 Å². The second-order valence-electron chi connectivity index (χ2n) is 2.63. The number of rotatable bonds is 3. The standard InChI is InChI=1S/C8H7BrF2O2S/c9-6-2-1-3-7(4-6)14(12,13)5-8(10)11/h1-4,8H,5H2. The first-order valence-electron chi connectivity index (χ1n) is 3.68. The summed E-state index contributed by atoms with van der Waals surface area (Å²) in [6.07, 6.45) is -2.85. The topological polar surface area (TPSA) is 34.1 Å². The van der Waals surface area contributed by atoms with Crippen LogP contribution in [0.2, 0.25) is 0 Å². The highest BCUT2D eigenvalue weighted by atomic mass is 79.9. The van der Waals surface area contributed by atoms with Crippen molar-refractivity contribution in [3.05, 3.63) is 28.7 Å². The number of sulfone groups is 1. The lowest BCUT2D eigenvalue weighted by molar-refractivity contribution is 0.174. The van der Waals surface area contributed by atoms with E-state index in [0.717, 1.165) is 0 Å². The molecule has 0 saturated carbocycles. The Balaban J connectivity index is 3.05. The second kappa shape index (κ2) is 4.35. The Morgan fingerprint density at radius 3 is 2.50 bits per heavy atom. The molecule has 14 heavy (non-hydrogen) atoms. The molecule has 6 heteroatoms. The minimum absolute atomic E-state index is 0.0906. The lowest BCUT2D eigenvalue weighted by Gasteiger charge is -2.03. The average Bonchev–Trinajstić information content (AvgIpc) is 2.01. The minimum atomic E-state index is -3.86. The molecule has 0 unspecified atom stereocenters. The summed E-state index contributed by atoms with van der Waals surface area (Å²) < 4.78 is 47.0. The van der Waals surface area contributed by atoms with Crippen LogP contribution in [0.3, 0.4) is 0 Å². The van der Waals surface area contributed by atoms with Crippen molar-refractivity contribution in [2.24, 2.45) is 0 Å². The Morgan fingerprint density at radius 2 is 2.00 bits per heavy atom. The first kappa shape index (κ1) is 11.6. The summed E-state index contributed by atoms with van der Waals surface area (Å²) in [7, 11) is -3.86. The Kier molecular flexibility index (Phi) is 3.60. The van der Waals surface area contributed by atoms with Gasteiger partial charge in [0.2, 0.25) is 0 Å². The molecular formula is C8H7BrF2O2S. The molecule has 1 aromatic rings. The Hall–Kier alpha value is -0.490. The van der Waals surface area contributed by atoms with Crippen LogP contribution in [-0.4, -0.2) is 20.6 Å². The highest BCUT2D eigenvalue weighted by molar-refractivity contribution is 9.10. The molecule has 0 aliphatic carbocycles. The number of alkyl halides is 2. The Labute approximate surface area is 89.0 Å². The van der Waals surface area contributed by atoms with Crippen LogP contribution in [0, 0.1) is 0 Å². The molecule has 1 aromatic carbocycles. The molecule has 0 N–H and O–H groups in total. The van der Waals surface area contributed by atoms with Gasteiger partial charge < -0.3 is 0 Å². The molecule has 0 amide bonds. The zero-order valence-electron chi connectivity index (χ0n) is 6.95. The van der Waals surface area contributed by atoms with Gasteiger partial charge in [0.05, 0.1) is 4.90 Å². The summed E-state index contributed by atoms with van der Waals surface area (Å²) in [5.41, 5.74) is 0. The van der Waals surface area contributed by atoms with Crippen LogP contribution < -0.4 is 0 Å². The van der Waals surface area contributed by atoms with E-state index in [0.29, 0.717) is 4.47 Å². The molecule has 0 heterocycles. The van der Waals surface area contributed by atoms with E-state index in [4.69, 9.17) is 0 Å². The van der Waals surface area contributed by atoms with E-state index in [1.54, 1.807) is 6.07 Å². The average molecular weight is 285 g/mol. The van der Waals surface area contributed by atoms with E-state index in [1.807, 2.05) is 0 Å². The number of benzene rings is 1. The van der Waals surface area contributed by atoms with E-state index in [-0.39, 0.29) is 4.90 Å². The molecule has 0 aromatic heterocycles. The normalized spacial score (nSPS) is 12.0. The van der Waals surface area contributed by atoms with Crippen molar-refractivity contribution in [2.45, 2.75) is 11.3 Å². The monoisotopic (exact) mass is 284 g/mol. The molecule has 78 valence electrons. The maximum Gasteiger partial charge on any atom is 0.252 e. The maximum atomic E-state index is 11.9. The molecule has 0 saturated heterocycles. The second-order valence-corrected chi connectivity index (χ2v) is 5.58. The third kappa shape index (κ3) is 3.02. The zero-order chi connectivity index (χ0) is 10.8. The third-order valence-electron chi connectivity index (χ3n) is 1.50. The highest BCUT2D eigenvalue weighted by Crippen LogP contribution is 2.18. The predicted octanol–water partition coefficient (Wildman–Crippen LogP) is 2.49. The van der Waals surface area contributed by atoms with Gasteiger partial charge in [-0.3, -0.25) is 0 Å². The van der Waals surface area contributed by atoms with Gasteiger partial charge in [0.25, 0.3) is 6.43 Å². The van der Waals surface area contributed by atoms with Crippen LogP contribution in [-0.2, 0) is 9.84 Å². The summed E-state index contributed by atoms with van der Waals surface area (Å²) in [5, 5.41) is 0. The quantitative estimate of drug-likeness (QED) is 0.855. The van der Waals surface area contributed by atoms with Crippen molar-refractivity contribution in [1.82, 2.24) is 0 Å². The lowest BCUT2D eigenvalue weighted by atomic mass is 10.4. The van der Waals surface area contributed by atoms with Crippen LogP contribution in [0.15, 0.2) is 33.6 Å². The summed E-state index contributed by atoms with van der Waals surface area (Å²) in [6.45, 7) is 0. The van der Waals surface area contributed by atoms with Crippen molar-refractivity contribution in [3.63, 3.8) is 0 Å². The van der Waals surface area contributed by atoms with Gasteiger partial charge in [-0.25, -0.2) is 17.2 Å². The van der Waals surface area contributed by atoms with Crippen LogP contribution in [0.25, 0.3) is 0 Å². The van der Waals surface area contributed by atoms with E-state index in [2.05, 4.69) is 15.9 Å². The van der Waals surface area contributed by atoms with Gasteiger partial charge in [-0.1, -0.05) is 22.0 Å². The molecule has 2 nitrogen and oxygen atoms in total. The van der Waals surface area contributed by atoms with Gasteiger partial charge in [-0.05, 0) is 18.2 Å². The smallest absolute Gasteiger partial charge is 0.223 e. The molecule has 0 atom stereocenters. The van der Waals surface area contributed by atoms with E-state index < -0.39 is 22.0 Å². The lowest BCUT2D eigenvalue weighted by Crippen LogP contribution is -2.13. The third-order valence-corrected chi connectivity index (χ3v) is 3.66. The molecule has 0 aliphatic rings. The largest absolute Gasteiger partial charge is 0.252 e. The Bertz CT molecular complexity index is 417. The minimum Gasteiger partial charge on any atom is -0.223 e. The van der Waals surface area contributed by atoms with E-state index >= 15 is 0 Å². The van der Waals surface area contributed by atoms with Crippen LogP contribution in [0.4, 0.5) is 8.78 Å². The number of hydrogen-bond donors (Lipinski definition) is 0. The van der Waals surface area contributed by atoms with Crippen LogP contribution >= 0.6 is 15.9 Å². The van der Waals surface area contributed by atoms with Crippen molar-refractivity contribution in [2.75, 3.05) is 5.75 Å². The summed E-state index contributed by atoms with van der Waals surface area (Å²) in [5.74, 6) is -1.14. The van der Waals surface area contributed by atoms with Gasteiger partial charge in [-0.15, -0.1) is 0 Å². The van der Waals surface area contributed by atoms with Gasteiger partial charge in [0, 0.05) is 4.47 Å². The van der Waals surface area contributed by atoms with Crippen molar-refractivity contribution >= 4 is 25.8 Å². The van der Waals surface area contributed by atoms with Crippen molar-refractivity contribution in [1.29, 1.82) is 0 Å². The summed E-state index contributed by atoms with van der Waals surface area (Å²) in [6, 6.07) is 5.71. The van der Waals surface area contributed by atoms with Gasteiger partial charge in [0.1, 0.15) is 5.75 Å². The Morgan fingerprint density at radius 1 is 1.36 bits per heavy atom. The van der Waals surface area contributed by atoms with Gasteiger partial charge in [-0.2, -0.15) is 0 Å². The van der Waals surface area contributed by atoms with E-state index in [1.165, 1.54) is 18.2 Å². The summed E-state index contributed by atoms with van der Waals surface area (Å²) in [4.78, 5) is -0.0906. The molecule has 0 spiro atoms. The van der Waals surface area contributed by atoms with Crippen molar-refractivity contribution in [3.8, 4) is 0 Å². The molecule has 0 bridgehead atoms. The molecule has 0 fully saturated rings. The molecule has 1 rings (SSSR count). The van der Waals surface area contributed by atoms with Crippen LogP contribution in [0.1, 0.15) is 0 Å². The number of halogens is 3. The number of hydrogen-bond acceptors (Lipinski definition) is 2. The summed E-state index contributed by atoms with van der Waals surface area (Å²) >= 11 is 3.07. The predicted molar refractivity (Wildman–Crippen MR) is 52.2 cm³/mol.